The van der Waals surface area contributed by atoms with E-state index >= 15 is 0 Å². The second-order valence-electron chi connectivity index (χ2n) is 2.99. The van der Waals surface area contributed by atoms with E-state index in [1.54, 1.807) is 18.9 Å². The Bertz CT molecular complexity index is 356. The topological polar surface area (TPSA) is 26.3 Å². The summed E-state index contributed by atoms with van der Waals surface area (Å²) in [4.78, 5) is 11.6. The average molecular weight is 311 g/mol. The molecule has 1 aliphatic rings. The molecule has 0 aromatic heterocycles. The van der Waals surface area contributed by atoms with Crippen LogP contribution in [0.1, 0.15) is 0 Å². The van der Waals surface area contributed by atoms with E-state index in [-0.39, 0.29) is 5.97 Å². The van der Waals surface area contributed by atoms with Gasteiger partial charge in [-0.1, -0.05) is 12.1 Å². The molecule has 0 heterocycles. The minimum Gasteiger partial charge on any atom is -0.425 e. The summed E-state index contributed by atoms with van der Waals surface area (Å²) < 4.78 is 6.17. The number of rotatable bonds is 2. The molecule has 0 atom stereocenters. The van der Waals surface area contributed by atoms with Gasteiger partial charge in [0.15, 0.2) is 0 Å². The number of carbonyl (C=O) groups is 1. The summed E-state index contributed by atoms with van der Waals surface area (Å²) in [5.41, 5.74) is 0. The van der Waals surface area contributed by atoms with E-state index in [0.29, 0.717) is 11.7 Å². The number of esters is 1. The van der Waals surface area contributed by atoms with E-state index in [2.05, 4.69) is 22.6 Å². The van der Waals surface area contributed by atoms with E-state index in [4.69, 9.17) is 4.74 Å². The lowest BCUT2D eigenvalue weighted by Gasteiger charge is -2.09. The highest BCUT2D eigenvalue weighted by Crippen LogP contribution is 2.27. The molecule has 2 rings (SSSR count). The van der Waals surface area contributed by atoms with Gasteiger partial charge in [-0.05, 0) is 60.4 Å². The monoisotopic (exact) mass is 311 g/mol. The lowest BCUT2D eigenvalue weighted by Crippen LogP contribution is -2.17. The molecule has 1 aromatic rings. The number of para-hydroxylation sites is 1. The second kappa shape index (κ2) is 4.96. The van der Waals surface area contributed by atoms with Crippen molar-refractivity contribution in [3.8, 4) is 5.75 Å². The van der Waals surface area contributed by atoms with Gasteiger partial charge in [0.1, 0.15) is 5.75 Å². The Labute approximate surface area is 103 Å². The molecule has 0 saturated heterocycles. The van der Waals surface area contributed by atoms with Crippen LogP contribution >= 0.6 is 22.6 Å². The van der Waals surface area contributed by atoms with Crippen LogP contribution < -0.4 is 4.74 Å². The van der Waals surface area contributed by atoms with Gasteiger partial charge < -0.3 is 4.74 Å². The zero-order valence-corrected chi connectivity index (χ0v) is 9.97. The number of benzene rings is 1. The minimum absolute atomic E-state index is 0.316. The van der Waals surface area contributed by atoms with Crippen molar-refractivity contribution < 1.29 is 9.53 Å². The van der Waals surface area contributed by atoms with E-state index in [9.17, 15) is 4.79 Å². The molecule has 2 nitrogen and oxygen atoms in total. The number of carbonyl (C=O) groups excluding carboxylic acids is 1. The normalized spacial score (nSPS) is 16.6. The number of hydrogen-bond acceptors (Lipinski definition) is 2. The van der Waals surface area contributed by atoms with Crippen molar-refractivity contribution in [1.29, 1.82) is 0 Å². The number of hydrogen-bond donors (Lipinski definition) is 0. The summed E-state index contributed by atoms with van der Waals surface area (Å²) in [5.74, 6) is 0.864. The van der Waals surface area contributed by atoms with Crippen LogP contribution in [0, 0.1) is 35.2 Å². The standard InChI is InChI=1S/C12H8IO2/c13-10-7-3-4-8-11(10)15-12(14)9-5-1-2-6-9/h1-8H. The zero-order chi connectivity index (χ0) is 10.7. The first-order valence-corrected chi connectivity index (χ1v) is 5.53. The quantitative estimate of drug-likeness (QED) is 0.477. The van der Waals surface area contributed by atoms with Crippen molar-refractivity contribution in [2.24, 2.45) is 0 Å². The van der Waals surface area contributed by atoms with Gasteiger partial charge in [-0.15, -0.1) is 0 Å². The maximum atomic E-state index is 11.6. The van der Waals surface area contributed by atoms with Gasteiger partial charge in [-0.2, -0.15) is 0 Å². The first kappa shape index (κ1) is 10.9. The summed E-state index contributed by atoms with van der Waals surface area (Å²) in [5, 5.41) is 0. The van der Waals surface area contributed by atoms with E-state index in [0.717, 1.165) is 3.57 Å². The highest BCUT2D eigenvalue weighted by Gasteiger charge is 2.26. The molecule has 1 aromatic carbocycles. The third kappa shape index (κ3) is 2.71. The lowest BCUT2D eigenvalue weighted by atomic mass is 10.1. The van der Waals surface area contributed by atoms with Crippen LogP contribution in [0.4, 0.5) is 0 Å². The summed E-state index contributed by atoms with van der Waals surface area (Å²) in [6.07, 6.45) is 7.09. The fraction of sp³-hybridized carbons (Fsp3) is 0. The highest BCUT2D eigenvalue weighted by molar-refractivity contribution is 14.1. The van der Waals surface area contributed by atoms with Crippen LogP contribution in [0.15, 0.2) is 24.3 Å². The van der Waals surface area contributed by atoms with Gasteiger partial charge in [0.05, 0.1) is 9.49 Å². The Kier molecular flexibility index (Phi) is 3.61. The lowest BCUT2D eigenvalue weighted by molar-refractivity contribution is -0.131. The van der Waals surface area contributed by atoms with Crippen molar-refractivity contribution in [3.63, 3.8) is 0 Å². The third-order valence-electron chi connectivity index (χ3n) is 1.94. The molecule has 1 saturated carbocycles. The molecular weight excluding hydrogens is 303 g/mol. The van der Waals surface area contributed by atoms with Gasteiger partial charge in [-0.25, -0.2) is 0 Å². The van der Waals surface area contributed by atoms with Crippen LogP contribution in [0.2, 0.25) is 0 Å². The molecular formula is C12H8IO2. The first-order chi connectivity index (χ1) is 7.27. The molecule has 0 amide bonds. The van der Waals surface area contributed by atoms with Crippen molar-refractivity contribution in [2.75, 3.05) is 0 Å². The molecule has 0 bridgehead atoms. The van der Waals surface area contributed by atoms with Crippen LogP contribution in [-0.2, 0) is 4.79 Å². The van der Waals surface area contributed by atoms with Crippen LogP contribution in [0.3, 0.4) is 0 Å². The molecule has 15 heavy (non-hydrogen) atoms. The van der Waals surface area contributed by atoms with Gasteiger partial charge >= 0.3 is 5.97 Å². The zero-order valence-electron chi connectivity index (χ0n) is 7.81. The molecule has 75 valence electrons. The van der Waals surface area contributed by atoms with Crippen molar-refractivity contribution in [1.82, 2.24) is 0 Å². The Balaban J connectivity index is 2.02. The highest BCUT2D eigenvalue weighted by atomic mass is 127. The largest absolute Gasteiger partial charge is 0.425 e. The first-order valence-electron chi connectivity index (χ1n) is 4.46. The molecule has 0 aliphatic heterocycles. The summed E-state index contributed by atoms with van der Waals surface area (Å²) in [6.45, 7) is 0. The van der Waals surface area contributed by atoms with Crippen LogP contribution in [0.5, 0.6) is 5.75 Å². The van der Waals surface area contributed by atoms with Gasteiger partial charge in [0, 0.05) is 0 Å². The van der Waals surface area contributed by atoms with Gasteiger partial charge in [0.2, 0.25) is 0 Å². The van der Waals surface area contributed by atoms with E-state index in [1.165, 1.54) is 0 Å². The van der Waals surface area contributed by atoms with Crippen molar-refractivity contribution in [2.45, 2.75) is 0 Å². The molecule has 0 unspecified atom stereocenters. The molecule has 1 fully saturated rings. The maximum absolute atomic E-state index is 11.6. The fourth-order valence-corrected chi connectivity index (χ4v) is 1.69. The van der Waals surface area contributed by atoms with E-state index < -0.39 is 0 Å². The Morgan fingerprint density at radius 1 is 1.13 bits per heavy atom. The smallest absolute Gasteiger partial charge is 0.319 e. The predicted octanol–water partition coefficient (Wildman–Crippen LogP) is 2.60. The average Bonchev–Trinajstić information content (AvgIpc) is 2.74. The van der Waals surface area contributed by atoms with E-state index in [1.807, 2.05) is 31.0 Å². The number of halogens is 1. The maximum Gasteiger partial charge on any atom is 0.319 e. The number of ether oxygens (including phenoxy) is 1. The molecule has 0 spiro atoms. The SMILES string of the molecule is O=C(Oc1ccccc1I)[C]1[CH][CH][CH][CH]1. The Morgan fingerprint density at radius 2 is 1.80 bits per heavy atom. The fourth-order valence-electron chi connectivity index (χ4n) is 1.20. The van der Waals surface area contributed by atoms with Crippen molar-refractivity contribution >= 4 is 28.6 Å². The molecule has 0 N–H and O–H groups in total. The van der Waals surface area contributed by atoms with Crippen molar-refractivity contribution in [3.05, 3.63) is 59.4 Å². The minimum atomic E-state index is -0.316. The van der Waals surface area contributed by atoms with Gasteiger partial charge in [-0.3, -0.25) is 4.79 Å². The van der Waals surface area contributed by atoms with Crippen LogP contribution in [-0.4, -0.2) is 5.97 Å². The summed E-state index contributed by atoms with van der Waals surface area (Å²) in [7, 11) is 0. The van der Waals surface area contributed by atoms with Gasteiger partial charge in [0.25, 0.3) is 0 Å². The molecule has 3 heteroatoms. The third-order valence-corrected chi connectivity index (χ3v) is 2.83. The summed E-state index contributed by atoms with van der Waals surface area (Å²) in [6, 6.07) is 7.42. The Hall–Kier alpha value is -0.580. The second-order valence-corrected chi connectivity index (χ2v) is 4.16. The van der Waals surface area contributed by atoms with Crippen LogP contribution in [0.25, 0.3) is 0 Å². The summed E-state index contributed by atoms with van der Waals surface area (Å²) >= 11 is 2.13. The Morgan fingerprint density at radius 3 is 2.47 bits per heavy atom. The predicted molar refractivity (Wildman–Crippen MR) is 65.2 cm³/mol. The molecule has 5 radical (unpaired) electrons. The molecule has 1 aliphatic carbocycles.